The molecule has 0 saturated heterocycles. The predicted octanol–water partition coefficient (Wildman–Crippen LogP) is 3.75. The Hall–Kier alpha value is -1.61. The third-order valence-corrected chi connectivity index (χ3v) is 4.66. The lowest BCUT2D eigenvalue weighted by Gasteiger charge is -2.27. The second-order valence-electron chi connectivity index (χ2n) is 5.00. The molecule has 1 aromatic carbocycles. The topological polar surface area (TPSA) is 29.1 Å². The molecule has 0 spiro atoms. The Labute approximate surface area is 117 Å². The van der Waals surface area contributed by atoms with Gasteiger partial charge in [-0.15, -0.1) is 11.3 Å². The van der Waals surface area contributed by atoms with Gasteiger partial charge in [-0.1, -0.05) is 42.8 Å². The van der Waals surface area contributed by atoms with Crippen molar-refractivity contribution in [2.75, 3.05) is 0 Å². The van der Waals surface area contributed by atoms with E-state index in [-0.39, 0.29) is 17.9 Å². The second-order valence-corrected chi connectivity index (χ2v) is 5.97. The summed E-state index contributed by atoms with van der Waals surface area (Å²) < 4.78 is 0. The maximum atomic E-state index is 12.2. The molecule has 1 aromatic heterocycles. The number of nitrogens with one attached hydrogen (secondary N) is 1. The summed E-state index contributed by atoms with van der Waals surface area (Å²) in [5.41, 5.74) is 1.15. The maximum absolute atomic E-state index is 12.2. The van der Waals surface area contributed by atoms with Gasteiger partial charge in [-0.05, 0) is 29.9 Å². The first-order valence-corrected chi connectivity index (χ1v) is 7.61. The number of carbonyl (C=O) groups excluding carboxylic acids is 1. The van der Waals surface area contributed by atoms with E-state index in [1.807, 2.05) is 24.3 Å². The third kappa shape index (κ3) is 2.71. The van der Waals surface area contributed by atoms with Crippen LogP contribution in [0.15, 0.2) is 47.8 Å². The Morgan fingerprint density at radius 1 is 1.16 bits per heavy atom. The first kappa shape index (κ1) is 12.4. The van der Waals surface area contributed by atoms with Crippen molar-refractivity contribution in [3.8, 4) is 0 Å². The van der Waals surface area contributed by atoms with Crippen LogP contribution < -0.4 is 5.32 Å². The zero-order valence-electron chi connectivity index (χ0n) is 10.7. The molecule has 19 heavy (non-hydrogen) atoms. The first-order valence-electron chi connectivity index (χ1n) is 6.73. The van der Waals surface area contributed by atoms with Gasteiger partial charge in [-0.2, -0.15) is 0 Å². The summed E-state index contributed by atoms with van der Waals surface area (Å²) in [6.07, 6.45) is 3.27. The number of hydrogen-bond acceptors (Lipinski definition) is 2. The Morgan fingerprint density at radius 3 is 2.53 bits per heavy atom. The zero-order chi connectivity index (χ0) is 13.1. The monoisotopic (exact) mass is 271 g/mol. The van der Waals surface area contributed by atoms with Crippen LogP contribution in [0, 0.1) is 5.92 Å². The fraction of sp³-hybridized carbons (Fsp3) is 0.312. The van der Waals surface area contributed by atoms with Gasteiger partial charge in [0.1, 0.15) is 0 Å². The van der Waals surface area contributed by atoms with Gasteiger partial charge in [0.25, 0.3) is 0 Å². The molecule has 1 saturated carbocycles. The maximum Gasteiger partial charge on any atom is 0.223 e. The van der Waals surface area contributed by atoms with Gasteiger partial charge in [-0.25, -0.2) is 0 Å². The minimum atomic E-state index is -0.00528. The molecule has 1 aliphatic rings. The smallest absolute Gasteiger partial charge is 0.223 e. The van der Waals surface area contributed by atoms with E-state index in [0.717, 1.165) is 18.4 Å². The van der Waals surface area contributed by atoms with Crippen LogP contribution in [0.25, 0.3) is 0 Å². The van der Waals surface area contributed by atoms with Crippen molar-refractivity contribution in [1.82, 2.24) is 5.32 Å². The van der Waals surface area contributed by atoms with Crippen LogP contribution in [-0.2, 0) is 4.79 Å². The lowest BCUT2D eigenvalue weighted by Crippen LogP contribution is -2.37. The summed E-state index contributed by atoms with van der Waals surface area (Å²) in [5, 5.41) is 5.27. The molecule has 0 radical (unpaired) electrons. The number of hydrogen-bond donors (Lipinski definition) is 1. The number of rotatable bonds is 4. The minimum Gasteiger partial charge on any atom is -0.344 e. The van der Waals surface area contributed by atoms with Crippen molar-refractivity contribution in [3.63, 3.8) is 0 Å². The van der Waals surface area contributed by atoms with E-state index < -0.39 is 0 Å². The molecule has 3 rings (SSSR count). The Bertz CT molecular complexity index is 531. The lowest BCUT2D eigenvalue weighted by molar-refractivity contribution is -0.127. The summed E-state index contributed by atoms with van der Waals surface area (Å²) in [7, 11) is 0. The van der Waals surface area contributed by atoms with Gasteiger partial charge in [0.2, 0.25) is 5.91 Å². The summed E-state index contributed by atoms with van der Waals surface area (Å²) in [6.45, 7) is 0. The van der Waals surface area contributed by atoms with E-state index in [9.17, 15) is 4.79 Å². The molecule has 2 nitrogen and oxygen atoms in total. The molecule has 0 bridgehead atoms. The van der Waals surface area contributed by atoms with Gasteiger partial charge in [0.15, 0.2) is 0 Å². The molecule has 1 N–H and O–H groups in total. The molecular formula is C16H17NOS. The first-order chi connectivity index (χ1) is 9.34. The Kier molecular flexibility index (Phi) is 3.65. The summed E-state index contributed by atoms with van der Waals surface area (Å²) in [4.78, 5) is 13.4. The van der Waals surface area contributed by atoms with Gasteiger partial charge < -0.3 is 5.32 Å². The molecule has 1 amide bonds. The normalized spacial score (nSPS) is 16.6. The highest BCUT2D eigenvalue weighted by molar-refractivity contribution is 7.10. The fourth-order valence-electron chi connectivity index (χ4n) is 2.35. The predicted molar refractivity (Wildman–Crippen MR) is 78.1 cm³/mol. The highest BCUT2D eigenvalue weighted by Crippen LogP contribution is 2.30. The van der Waals surface area contributed by atoms with Crippen LogP contribution in [0.2, 0.25) is 0 Å². The van der Waals surface area contributed by atoms with Gasteiger partial charge in [0, 0.05) is 10.8 Å². The molecule has 98 valence electrons. The zero-order valence-corrected chi connectivity index (χ0v) is 11.5. The molecule has 1 fully saturated rings. The van der Waals surface area contributed by atoms with Crippen molar-refractivity contribution >= 4 is 17.2 Å². The number of amides is 1. The van der Waals surface area contributed by atoms with Crippen molar-refractivity contribution in [1.29, 1.82) is 0 Å². The van der Waals surface area contributed by atoms with E-state index in [1.165, 1.54) is 11.3 Å². The molecule has 0 unspecified atom stereocenters. The van der Waals surface area contributed by atoms with Crippen LogP contribution >= 0.6 is 11.3 Å². The number of carbonyl (C=O) groups is 1. The number of thiophene rings is 1. The van der Waals surface area contributed by atoms with Crippen LogP contribution in [-0.4, -0.2) is 5.91 Å². The summed E-state index contributed by atoms with van der Waals surface area (Å²) >= 11 is 1.69. The molecule has 0 aliphatic heterocycles. The van der Waals surface area contributed by atoms with Crippen molar-refractivity contribution in [2.24, 2.45) is 5.92 Å². The highest BCUT2D eigenvalue weighted by Gasteiger charge is 2.28. The summed E-state index contributed by atoms with van der Waals surface area (Å²) in [6, 6.07) is 14.3. The SMILES string of the molecule is O=C(N[C@@H](c1ccccc1)c1cccs1)C1CCC1. The van der Waals surface area contributed by atoms with Crippen LogP contribution in [0.1, 0.15) is 35.7 Å². The van der Waals surface area contributed by atoms with E-state index in [1.54, 1.807) is 11.3 Å². The summed E-state index contributed by atoms with van der Waals surface area (Å²) in [5.74, 6) is 0.430. The third-order valence-electron chi connectivity index (χ3n) is 3.72. The quantitative estimate of drug-likeness (QED) is 0.901. The largest absolute Gasteiger partial charge is 0.344 e. The molecule has 1 aliphatic carbocycles. The van der Waals surface area contributed by atoms with Crippen LogP contribution in [0.5, 0.6) is 0 Å². The number of benzene rings is 1. The van der Waals surface area contributed by atoms with Crippen molar-refractivity contribution in [2.45, 2.75) is 25.3 Å². The fourth-order valence-corrected chi connectivity index (χ4v) is 3.15. The molecular weight excluding hydrogens is 254 g/mol. The Balaban J connectivity index is 1.82. The molecule has 3 heteroatoms. The molecule has 2 aromatic rings. The van der Waals surface area contributed by atoms with Crippen molar-refractivity contribution in [3.05, 3.63) is 58.3 Å². The van der Waals surface area contributed by atoms with E-state index in [2.05, 4.69) is 28.9 Å². The average molecular weight is 271 g/mol. The molecule has 1 atom stereocenters. The Morgan fingerprint density at radius 2 is 1.95 bits per heavy atom. The van der Waals surface area contributed by atoms with Gasteiger partial charge in [0.05, 0.1) is 6.04 Å². The molecule has 1 heterocycles. The van der Waals surface area contributed by atoms with Crippen molar-refractivity contribution < 1.29 is 4.79 Å². The standard InChI is InChI=1S/C16H17NOS/c18-16(13-8-4-9-13)17-15(14-10-5-11-19-14)12-6-2-1-3-7-12/h1-3,5-7,10-11,13,15H,4,8-9H2,(H,17,18)/t15-/m0/s1. The average Bonchev–Trinajstić information content (AvgIpc) is 2.88. The van der Waals surface area contributed by atoms with Gasteiger partial charge in [-0.3, -0.25) is 4.79 Å². The second kappa shape index (κ2) is 5.57. The van der Waals surface area contributed by atoms with Crippen LogP contribution in [0.3, 0.4) is 0 Å². The van der Waals surface area contributed by atoms with Crippen LogP contribution in [0.4, 0.5) is 0 Å². The van der Waals surface area contributed by atoms with Gasteiger partial charge >= 0.3 is 0 Å². The van der Waals surface area contributed by atoms with E-state index >= 15 is 0 Å². The highest BCUT2D eigenvalue weighted by atomic mass is 32.1. The lowest BCUT2D eigenvalue weighted by atomic mass is 9.84. The van der Waals surface area contributed by atoms with E-state index in [4.69, 9.17) is 0 Å². The minimum absolute atomic E-state index is 0.00528. The van der Waals surface area contributed by atoms with E-state index in [0.29, 0.717) is 0 Å².